The number of carbonyl (C=O) groups excluding carboxylic acids is 2. The van der Waals surface area contributed by atoms with Gasteiger partial charge in [-0.05, 0) is 29.8 Å². The summed E-state index contributed by atoms with van der Waals surface area (Å²) in [7, 11) is 5.35. The highest BCUT2D eigenvalue weighted by Gasteiger charge is 2.12. The lowest BCUT2D eigenvalue weighted by atomic mass is 10.2. The van der Waals surface area contributed by atoms with E-state index in [-0.39, 0.29) is 17.6 Å². The van der Waals surface area contributed by atoms with Crippen molar-refractivity contribution >= 4 is 29.3 Å². The fourth-order valence-electron chi connectivity index (χ4n) is 2.69. The van der Waals surface area contributed by atoms with Gasteiger partial charge < -0.3 is 14.8 Å². The highest BCUT2D eigenvalue weighted by molar-refractivity contribution is 7.99. The molecule has 3 aromatic rings. The summed E-state index contributed by atoms with van der Waals surface area (Å²) < 4.78 is 1.98. The Kier molecular flexibility index (Phi) is 6.16. The van der Waals surface area contributed by atoms with Gasteiger partial charge in [0.15, 0.2) is 5.16 Å². The van der Waals surface area contributed by atoms with Crippen LogP contribution in [-0.4, -0.2) is 46.1 Å². The van der Waals surface area contributed by atoms with Gasteiger partial charge in [-0.1, -0.05) is 42.1 Å². The van der Waals surface area contributed by atoms with E-state index in [1.54, 1.807) is 38.4 Å². The molecule has 0 radical (unpaired) electrons. The van der Waals surface area contributed by atoms with Crippen LogP contribution in [0, 0.1) is 0 Å². The van der Waals surface area contributed by atoms with E-state index in [9.17, 15) is 9.59 Å². The van der Waals surface area contributed by atoms with E-state index in [1.165, 1.54) is 16.7 Å². The molecule has 0 atom stereocenters. The molecule has 0 unspecified atom stereocenters. The maximum atomic E-state index is 12.3. The van der Waals surface area contributed by atoms with Crippen LogP contribution in [0.3, 0.4) is 0 Å². The first-order valence-electron chi connectivity index (χ1n) is 8.77. The molecule has 7 heteroatoms. The summed E-state index contributed by atoms with van der Waals surface area (Å²) in [6.07, 6.45) is 1.82. The molecule has 3 rings (SSSR count). The number of aromatic nitrogens is 2. The highest BCUT2D eigenvalue weighted by Crippen LogP contribution is 2.24. The molecule has 28 heavy (non-hydrogen) atoms. The lowest BCUT2D eigenvalue weighted by Gasteiger charge is -2.11. The fourth-order valence-corrected chi connectivity index (χ4v) is 3.44. The third kappa shape index (κ3) is 4.61. The average Bonchev–Trinajstić information content (AvgIpc) is 3.07. The van der Waals surface area contributed by atoms with E-state index >= 15 is 0 Å². The molecule has 0 saturated heterocycles. The molecule has 2 aromatic carbocycles. The average molecular weight is 395 g/mol. The van der Waals surface area contributed by atoms with Crippen molar-refractivity contribution in [3.8, 4) is 11.3 Å². The van der Waals surface area contributed by atoms with Gasteiger partial charge in [-0.15, -0.1) is 0 Å². The first-order chi connectivity index (χ1) is 13.5. The van der Waals surface area contributed by atoms with Gasteiger partial charge in [-0.3, -0.25) is 9.59 Å². The summed E-state index contributed by atoms with van der Waals surface area (Å²) in [4.78, 5) is 30.1. The SMILES string of the molecule is CN(C)C(=O)c1ccc(NC(=O)CSc2ncc(-c3ccccc3)n2C)cc1. The Morgan fingerprint density at radius 2 is 1.75 bits per heavy atom. The summed E-state index contributed by atoms with van der Waals surface area (Å²) in [5.74, 6) is 0.0515. The van der Waals surface area contributed by atoms with Gasteiger partial charge in [0, 0.05) is 32.4 Å². The largest absolute Gasteiger partial charge is 0.345 e. The molecular weight excluding hydrogens is 372 g/mol. The minimum atomic E-state index is -0.124. The van der Waals surface area contributed by atoms with Gasteiger partial charge in [0.2, 0.25) is 5.91 Å². The standard InChI is InChI=1S/C21H22N4O2S/c1-24(2)20(27)16-9-11-17(12-10-16)23-19(26)14-28-21-22-13-18(25(21)3)15-7-5-4-6-8-15/h4-13H,14H2,1-3H3,(H,23,26). The zero-order chi connectivity index (χ0) is 20.1. The maximum absolute atomic E-state index is 12.3. The number of imidazole rings is 1. The van der Waals surface area contributed by atoms with Gasteiger partial charge in [0.1, 0.15) is 0 Å². The zero-order valence-electron chi connectivity index (χ0n) is 16.0. The second-order valence-corrected chi connectivity index (χ2v) is 7.41. The predicted octanol–water partition coefficient (Wildman–Crippen LogP) is 3.52. The molecule has 0 bridgehead atoms. The third-order valence-corrected chi connectivity index (χ3v) is 5.21. The molecule has 0 aliphatic carbocycles. The summed E-state index contributed by atoms with van der Waals surface area (Å²) >= 11 is 1.38. The second-order valence-electron chi connectivity index (χ2n) is 6.46. The number of nitrogens with one attached hydrogen (secondary N) is 1. The molecule has 1 heterocycles. The molecule has 1 N–H and O–H groups in total. The van der Waals surface area contributed by atoms with Crippen LogP contribution in [0.25, 0.3) is 11.3 Å². The van der Waals surface area contributed by atoms with E-state index in [1.807, 2.05) is 48.1 Å². The fraction of sp³-hybridized carbons (Fsp3) is 0.190. The number of amides is 2. The number of thioether (sulfide) groups is 1. The molecule has 144 valence electrons. The van der Waals surface area contributed by atoms with Crippen LogP contribution in [0.15, 0.2) is 66.0 Å². The minimum Gasteiger partial charge on any atom is -0.345 e. The smallest absolute Gasteiger partial charge is 0.253 e. The third-order valence-electron chi connectivity index (χ3n) is 4.17. The van der Waals surface area contributed by atoms with E-state index < -0.39 is 0 Å². The van der Waals surface area contributed by atoms with Crippen LogP contribution >= 0.6 is 11.8 Å². The van der Waals surface area contributed by atoms with Crippen LogP contribution in [0.5, 0.6) is 0 Å². The lowest BCUT2D eigenvalue weighted by Crippen LogP contribution is -2.21. The van der Waals surface area contributed by atoms with Crippen LogP contribution in [0.1, 0.15) is 10.4 Å². The van der Waals surface area contributed by atoms with Crippen molar-refractivity contribution in [3.63, 3.8) is 0 Å². The molecule has 0 aliphatic heterocycles. The number of hydrogen-bond acceptors (Lipinski definition) is 4. The monoisotopic (exact) mass is 394 g/mol. The Balaban J connectivity index is 1.58. The maximum Gasteiger partial charge on any atom is 0.253 e. The number of anilines is 1. The topological polar surface area (TPSA) is 67.2 Å². The number of nitrogens with zero attached hydrogens (tertiary/aromatic N) is 3. The van der Waals surface area contributed by atoms with Crippen LogP contribution in [0.4, 0.5) is 5.69 Å². The van der Waals surface area contributed by atoms with Gasteiger partial charge in [0.25, 0.3) is 5.91 Å². The molecule has 0 spiro atoms. The quantitative estimate of drug-likeness (QED) is 0.650. The Morgan fingerprint density at radius 1 is 1.07 bits per heavy atom. The molecule has 0 saturated carbocycles. The Bertz CT molecular complexity index is 966. The number of carbonyl (C=O) groups is 2. The lowest BCUT2D eigenvalue weighted by molar-refractivity contribution is -0.113. The van der Waals surface area contributed by atoms with Gasteiger partial charge in [-0.2, -0.15) is 0 Å². The summed E-state index contributed by atoms with van der Waals surface area (Å²) in [5.41, 5.74) is 3.33. The molecule has 0 fully saturated rings. The zero-order valence-corrected chi connectivity index (χ0v) is 16.9. The van der Waals surface area contributed by atoms with E-state index in [4.69, 9.17) is 0 Å². The van der Waals surface area contributed by atoms with Gasteiger partial charge >= 0.3 is 0 Å². The van der Waals surface area contributed by atoms with Crippen molar-refractivity contribution < 1.29 is 9.59 Å². The van der Waals surface area contributed by atoms with Crippen LogP contribution < -0.4 is 5.32 Å². The first kappa shape index (κ1) is 19.7. The van der Waals surface area contributed by atoms with Crippen LogP contribution in [-0.2, 0) is 11.8 Å². The van der Waals surface area contributed by atoms with E-state index in [2.05, 4.69) is 10.3 Å². The minimum absolute atomic E-state index is 0.0718. The summed E-state index contributed by atoms with van der Waals surface area (Å²) in [6, 6.07) is 16.9. The van der Waals surface area contributed by atoms with E-state index in [0.717, 1.165) is 16.4 Å². The second kappa shape index (κ2) is 8.75. The van der Waals surface area contributed by atoms with Crippen molar-refractivity contribution in [2.24, 2.45) is 7.05 Å². The predicted molar refractivity (Wildman–Crippen MR) is 112 cm³/mol. The Morgan fingerprint density at radius 3 is 2.39 bits per heavy atom. The molecule has 1 aromatic heterocycles. The Hall–Kier alpha value is -3.06. The van der Waals surface area contributed by atoms with Crippen molar-refractivity contribution in [1.29, 1.82) is 0 Å². The molecule has 0 aliphatic rings. The summed E-state index contributed by atoms with van der Waals surface area (Å²) in [6.45, 7) is 0. The van der Waals surface area contributed by atoms with Crippen molar-refractivity contribution in [1.82, 2.24) is 14.5 Å². The first-order valence-corrected chi connectivity index (χ1v) is 9.76. The van der Waals surface area contributed by atoms with E-state index in [0.29, 0.717) is 11.3 Å². The normalized spacial score (nSPS) is 10.5. The van der Waals surface area contributed by atoms with Crippen molar-refractivity contribution in [3.05, 3.63) is 66.4 Å². The summed E-state index contributed by atoms with van der Waals surface area (Å²) in [5, 5.41) is 3.62. The van der Waals surface area contributed by atoms with Crippen LogP contribution in [0.2, 0.25) is 0 Å². The molecule has 6 nitrogen and oxygen atoms in total. The van der Waals surface area contributed by atoms with Gasteiger partial charge in [-0.25, -0.2) is 4.98 Å². The van der Waals surface area contributed by atoms with Crippen molar-refractivity contribution in [2.45, 2.75) is 5.16 Å². The number of rotatable bonds is 6. The number of hydrogen-bond donors (Lipinski definition) is 1. The molecule has 2 amide bonds. The van der Waals surface area contributed by atoms with Crippen molar-refractivity contribution in [2.75, 3.05) is 25.2 Å². The number of benzene rings is 2. The molecular formula is C21H22N4O2S. The highest BCUT2D eigenvalue weighted by atomic mass is 32.2. The van der Waals surface area contributed by atoms with Gasteiger partial charge in [0.05, 0.1) is 17.6 Å². The Labute approximate surface area is 168 Å².